The lowest BCUT2D eigenvalue weighted by Crippen LogP contribution is -2.16. The Labute approximate surface area is 122 Å². The molecule has 0 atom stereocenters. The van der Waals surface area contributed by atoms with Gasteiger partial charge in [0.25, 0.3) is 0 Å². The Morgan fingerprint density at radius 2 is 1.65 bits per heavy atom. The molecule has 2 nitrogen and oxygen atoms in total. The van der Waals surface area contributed by atoms with Crippen molar-refractivity contribution in [1.82, 2.24) is 0 Å². The molecule has 0 radical (unpaired) electrons. The normalized spacial score (nSPS) is 17.2. The third-order valence-corrected chi connectivity index (χ3v) is 4.09. The summed E-state index contributed by atoms with van der Waals surface area (Å²) in [6, 6.07) is 7.69. The number of hydrogen-bond acceptors (Lipinski definition) is 2. The maximum Gasteiger partial charge on any atom is 0.165 e. The second-order valence-electron chi connectivity index (χ2n) is 5.78. The van der Waals surface area contributed by atoms with Gasteiger partial charge in [-0.15, -0.1) is 0 Å². The lowest BCUT2D eigenvalue weighted by Gasteiger charge is -2.18. The Hall–Kier alpha value is -1.31. The van der Waals surface area contributed by atoms with E-state index in [9.17, 15) is 4.79 Å². The van der Waals surface area contributed by atoms with E-state index >= 15 is 0 Å². The molecule has 0 unspecified atom stereocenters. The number of ether oxygens (including phenoxy) is 1. The van der Waals surface area contributed by atoms with Crippen LogP contribution in [0.1, 0.15) is 68.6 Å². The topological polar surface area (TPSA) is 26.3 Å². The molecule has 0 heterocycles. The molecule has 0 amide bonds. The summed E-state index contributed by atoms with van der Waals surface area (Å²) in [7, 11) is 0. The highest BCUT2D eigenvalue weighted by Crippen LogP contribution is 2.26. The van der Waals surface area contributed by atoms with E-state index < -0.39 is 0 Å². The van der Waals surface area contributed by atoms with Gasteiger partial charge in [-0.2, -0.15) is 0 Å². The lowest BCUT2D eigenvalue weighted by atomic mass is 9.86. The molecule has 1 fully saturated rings. The van der Waals surface area contributed by atoms with Crippen LogP contribution < -0.4 is 4.74 Å². The SMILES string of the molecule is CCCOc1ccc(C(=O)C2CCCCCCC2)cc1. The fourth-order valence-electron chi connectivity index (χ4n) is 2.89. The van der Waals surface area contributed by atoms with Crippen molar-refractivity contribution in [2.45, 2.75) is 58.3 Å². The van der Waals surface area contributed by atoms with Crippen LogP contribution in [0.15, 0.2) is 24.3 Å². The van der Waals surface area contributed by atoms with Crippen molar-refractivity contribution >= 4 is 5.78 Å². The third-order valence-electron chi connectivity index (χ3n) is 4.09. The van der Waals surface area contributed by atoms with Crippen LogP contribution >= 0.6 is 0 Å². The van der Waals surface area contributed by atoms with Crippen LogP contribution in [-0.4, -0.2) is 12.4 Å². The van der Waals surface area contributed by atoms with Crippen LogP contribution in [0.25, 0.3) is 0 Å². The molecule has 1 aliphatic carbocycles. The highest BCUT2D eigenvalue weighted by Gasteiger charge is 2.20. The molecule has 1 aromatic rings. The number of carbonyl (C=O) groups excluding carboxylic acids is 1. The van der Waals surface area contributed by atoms with Crippen LogP contribution in [0.2, 0.25) is 0 Å². The fourth-order valence-corrected chi connectivity index (χ4v) is 2.89. The number of hydrogen-bond donors (Lipinski definition) is 0. The molecule has 2 rings (SSSR count). The molecular weight excluding hydrogens is 248 g/mol. The molecule has 1 aromatic carbocycles. The van der Waals surface area contributed by atoms with Crippen molar-refractivity contribution in [1.29, 1.82) is 0 Å². The van der Waals surface area contributed by atoms with E-state index in [1.54, 1.807) is 0 Å². The molecule has 110 valence electrons. The van der Waals surface area contributed by atoms with Gasteiger partial charge in [0, 0.05) is 11.5 Å². The van der Waals surface area contributed by atoms with Crippen LogP contribution in [0.3, 0.4) is 0 Å². The quantitative estimate of drug-likeness (QED) is 0.705. The summed E-state index contributed by atoms with van der Waals surface area (Å²) in [6.45, 7) is 2.82. The zero-order chi connectivity index (χ0) is 14.2. The maximum atomic E-state index is 12.5. The average Bonchev–Trinajstić information content (AvgIpc) is 2.45. The molecule has 1 aliphatic rings. The van der Waals surface area contributed by atoms with Gasteiger partial charge in [0.2, 0.25) is 0 Å². The van der Waals surface area contributed by atoms with Crippen molar-refractivity contribution in [2.24, 2.45) is 5.92 Å². The number of carbonyl (C=O) groups is 1. The van der Waals surface area contributed by atoms with Crippen LogP contribution in [0.5, 0.6) is 5.75 Å². The van der Waals surface area contributed by atoms with Gasteiger partial charge >= 0.3 is 0 Å². The Kier molecular flexibility index (Phi) is 6.10. The van der Waals surface area contributed by atoms with Gasteiger partial charge in [0.1, 0.15) is 5.75 Å². The lowest BCUT2D eigenvalue weighted by molar-refractivity contribution is 0.0898. The van der Waals surface area contributed by atoms with E-state index in [0.29, 0.717) is 5.78 Å². The summed E-state index contributed by atoms with van der Waals surface area (Å²) < 4.78 is 5.56. The van der Waals surface area contributed by atoms with Gasteiger partial charge in [-0.1, -0.05) is 39.0 Å². The second-order valence-corrected chi connectivity index (χ2v) is 5.78. The van der Waals surface area contributed by atoms with Gasteiger partial charge < -0.3 is 4.74 Å². The summed E-state index contributed by atoms with van der Waals surface area (Å²) in [6.07, 6.45) is 9.44. The highest BCUT2D eigenvalue weighted by molar-refractivity contribution is 5.97. The van der Waals surface area contributed by atoms with Crippen molar-refractivity contribution in [3.05, 3.63) is 29.8 Å². The second kappa shape index (κ2) is 8.08. The van der Waals surface area contributed by atoms with Crippen LogP contribution in [0, 0.1) is 5.92 Å². The summed E-state index contributed by atoms with van der Waals surface area (Å²) >= 11 is 0. The van der Waals surface area contributed by atoms with Gasteiger partial charge in [-0.05, 0) is 43.5 Å². The van der Waals surface area contributed by atoms with E-state index in [1.807, 2.05) is 24.3 Å². The van der Waals surface area contributed by atoms with Crippen molar-refractivity contribution in [2.75, 3.05) is 6.61 Å². The molecule has 0 aromatic heterocycles. The predicted molar refractivity (Wildman–Crippen MR) is 82.4 cm³/mol. The number of Topliss-reactive ketones (excluding diaryl/α,β-unsaturated/α-hetero) is 1. The van der Waals surface area contributed by atoms with Crippen molar-refractivity contribution in [3.63, 3.8) is 0 Å². The summed E-state index contributed by atoms with van der Waals surface area (Å²) in [5.74, 6) is 1.42. The smallest absolute Gasteiger partial charge is 0.165 e. The minimum atomic E-state index is 0.234. The molecule has 20 heavy (non-hydrogen) atoms. The Morgan fingerprint density at radius 1 is 1.05 bits per heavy atom. The van der Waals surface area contributed by atoms with Gasteiger partial charge in [-0.3, -0.25) is 4.79 Å². The first-order valence-corrected chi connectivity index (χ1v) is 8.08. The van der Waals surface area contributed by atoms with E-state index in [4.69, 9.17) is 4.74 Å². The van der Waals surface area contributed by atoms with E-state index in [2.05, 4.69) is 6.92 Å². The minimum absolute atomic E-state index is 0.234. The minimum Gasteiger partial charge on any atom is -0.494 e. The van der Waals surface area contributed by atoms with Gasteiger partial charge in [0.15, 0.2) is 5.78 Å². The Balaban J connectivity index is 1.96. The molecule has 0 saturated heterocycles. The predicted octanol–water partition coefficient (Wildman–Crippen LogP) is 5.02. The van der Waals surface area contributed by atoms with Crippen molar-refractivity contribution < 1.29 is 9.53 Å². The number of benzene rings is 1. The van der Waals surface area contributed by atoms with E-state index in [-0.39, 0.29) is 5.92 Å². The van der Waals surface area contributed by atoms with Gasteiger partial charge in [0.05, 0.1) is 6.61 Å². The zero-order valence-electron chi connectivity index (χ0n) is 12.6. The molecule has 0 N–H and O–H groups in total. The first kappa shape index (κ1) is 15.1. The van der Waals surface area contributed by atoms with Gasteiger partial charge in [-0.25, -0.2) is 0 Å². The number of ketones is 1. The highest BCUT2D eigenvalue weighted by atomic mass is 16.5. The first-order chi connectivity index (χ1) is 9.81. The summed E-state index contributed by atoms with van der Waals surface area (Å²) in [5, 5.41) is 0. The summed E-state index contributed by atoms with van der Waals surface area (Å²) in [4.78, 5) is 12.5. The Morgan fingerprint density at radius 3 is 2.25 bits per heavy atom. The standard InChI is InChI=1S/C18H26O2/c1-2-14-20-17-12-10-16(11-13-17)18(19)15-8-6-4-3-5-7-9-15/h10-13,15H,2-9,14H2,1H3. The summed E-state index contributed by atoms with van der Waals surface area (Å²) in [5.41, 5.74) is 0.847. The maximum absolute atomic E-state index is 12.5. The third kappa shape index (κ3) is 4.36. The molecule has 0 aliphatic heterocycles. The van der Waals surface area contributed by atoms with Crippen LogP contribution in [-0.2, 0) is 0 Å². The molecule has 1 saturated carbocycles. The molecule has 0 bridgehead atoms. The Bertz CT molecular complexity index is 400. The van der Waals surface area contributed by atoms with Crippen LogP contribution in [0.4, 0.5) is 0 Å². The molecular formula is C18H26O2. The number of rotatable bonds is 5. The molecule has 0 spiro atoms. The average molecular weight is 274 g/mol. The first-order valence-electron chi connectivity index (χ1n) is 8.08. The fraction of sp³-hybridized carbons (Fsp3) is 0.611. The van der Waals surface area contributed by atoms with E-state index in [0.717, 1.165) is 37.2 Å². The monoisotopic (exact) mass is 274 g/mol. The molecule has 2 heteroatoms. The van der Waals surface area contributed by atoms with E-state index in [1.165, 1.54) is 32.1 Å². The zero-order valence-corrected chi connectivity index (χ0v) is 12.6. The largest absolute Gasteiger partial charge is 0.494 e. The van der Waals surface area contributed by atoms with Crippen molar-refractivity contribution in [3.8, 4) is 5.75 Å².